The lowest BCUT2D eigenvalue weighted by atomic mass is 10.0. The molecular weight excluding hydrogens is 330 g/mol. The van der Waals surface area contributed by atoms with E-state index in [4.69, 9.17) is 9.47 Å². The second kappa shape index (κ2) is 6.80. The summed E-state index contributed by atoms with van der Waals surface area (Å²) in [6, 6.07) is 11.7. The first kappa shape index (κ1) is 16.8. The van der Waals surface area contributed by atoms with Gasteiger partial charge in [0.1, 0.15) is 16.4 Å². The van der Waals surface area contributed by atoms with Crippen LogP contribution in [-0.2, 0) is 16.4 Å². The lowest BCUT2D eigenvalue weighted by Gasteiger charge is -2.15. The SMILES string of the molecule is COc1ccccc1S(=O)(=O)NCC(O)c1ccc2c(c1)CCO2. The van der Waals surface area contributed by atoms with Gasteiger partial charge in [0.05, 0.1) is 19.8 Å². The maximum atomic E-state index is 12.4. The van der Waals surface area contributed by atoms with Gasteiger partial charge >= 0.3 is 0 Å². The fraction of sp³-hybridized carbons (Fsp3) is 0.294. The fourth-order valence-corrected chi connectivity index (χ4v) is 3.85. The largest absolute Gasteiger partial charge is 0.495 e. The zero-order chi connectivity index (χ0) is 17.2. The molecule has 128 valence electrons. The number of nitrogens with one attached hydrogen (secondary N) is 1. The number of aliphatic hydroxyl groups is 1. The van der Waals surface area contributed by atoms with Crippen molar-refractivity contribution in [3.63, 3.8) is 0 Å². The van der Waals surface area contributed by atoms with Crippen LogP contribution in [0.1, 0.15) is 17.2 Å². The number of hydrogen-bond donors (Lipinski definition) is 2. The van der Waals surface area contributed by atoms with Crippen molar-refractivity contribution >= 4 is 10.0 Å². The molecular formula is C17H19NO5S. The van der Waals surface area contributed by atoms with E-state index >= 15 is 0 Å². The molecule has 2 aromatic carbocycles. The van der Waals surface area contributed by atoms with Crippen molar-refractivity contribution in [2.45, 2.75) is 17.4 Å². The Morgan fingerprint density at radius 2 is 2.08 bits per heavy atom. The zero-order valence-electron chi connectivity index (χ0n) is 13.2. The first-order valence-corrected chi connectivity index (χ1v) is 9.06. The van der Waals surface area contributed by atoms with Crippen LogP contribution in [0, 0.1) is 0 Å². The van der Waals surface area contributed by atoms with Crippen LogP contribution in [0.4, 0.5) is 0 Å². The molecule has 2 aromatic rings. The highest BCUT2D eigenvalue weighted by Gasteiger charge is 2.21. The number of rotatable bonds is 6. The van der Waals surface area contributed by atoms with Gasteiger partial charge in [-0.1, -0.05) is 18.2 Å². The Labute approximate surface area is 141 Å². The molecule has 0 amide bonds. The molecule has 1 atom stereocenters. The topological polar surface area (TPSA) is 84.9 Å². The van der Waals surface area contributed by atoms with Crippen LogP contribution >= 0.6 is 0 Å². The number of sulfonamides is 1. The van der Waals surface area contributed by atoms with E-state index in [0.717, 1.165) is 17.7 Å². The summed E-state index contributed by atoms with van der Waals surface area (Å²) in [4.78, 5) is 0.0436. The molecule has 0 radical (unpaired) electrons. The van der Waals surface area contributed by atoms with Crippen molar-refractivity contribution in [2.24, 2.45) is 0 Å². The smallest absolute Gasteiger partial charge is 0.244 e. The molecule has 6 nitrogen and oxygen atoms in total. The third kappa shape index (κ3) is 3.38. The Balaban J connectivity index is 1.72. The summed E-state index contributed by atoms with van der Waals surface area (Å²) >= 11 is 0. The first-order valence-electron chi connectivity index (χ1n) is 7.57. The summed E-state index contributed by atoms with van der Waals surface area (Å²) in [7, 11) is -2.36. The summed E-state index contributed by atoms with van der Waals surface area (Å²) < 4.78 is 37.8. The molecule has 24 heavy (non-hydrogen) atoms. The number of para-hydroxylation sites is 1. The summed E-state index contributed by atoms with van der Waals surface area (Å²) in [6.45, 7) is 0.509. The molecule has 1 unspecified atom stereocenters. The van der Waals surface area contributed by atoms with Gasteiger partial charge in [0.15, 0.2) is 0 Å². The van der Waals surface area contributed by atoms with Gasteiger partial charge in [0, 0.05) is 13.0 Å². The van der Waals surface area contributed by atoms with Crippen molar-refractivity contribution in [1.29, 1.82) is 0 Å². The molecule has 0 fully saturated rings. The average Bonchev–Trinajstić information content (AvgIpc) is 3.07. The van der Waals surface area contributed by atoms with Crippen LogP contribution in [0.5, 0.6) is 11.5 Å². The number of ether oxygens (including phenoxy) is 2. The maximum absolute atomic E-state index is 12.4. The van der Waals surface area contributed by atoms with E-state index in [-0.39, 0.29) is 17.2 Å². The molecule has 1 heterocycles. The van der Waals surface area contributed by atoms with Crippen molar-refractivity contribution in [3.05, 3.63) is 53.6 Å². The summed E-state index contributed by atoms with van der Waals surface area (Å²) in [6.07, 6.45) is -0.150. The highest BCUT2D eigenvalue weighted by atomic mass is 32.2. The second-order valence-electron chi connectivity index (χ2n) is 5.48. The monoisotopic (exact) mass is 349 g/mol. The van der Waals surface area contributed by atoms with Gasteiger partial charge in [0.25, 0.3) is 0 Å². The molecule has 0 saturated carbocycles. The van der Waals surface area contributed by atoms with E-state index in [2.05, 4.69) is 4.72 Å². The lowest BCUT2D eigenvalue weighted by Crippen LogP contribution is -2.28. The third-order valence-electron chi connectivity index (χ3n) is 3.92. The van der Waals surface area contributed by atoms with Crippen molar-refractivity contribution in [2.75, 3.05) is 20.3 Å². The van der Waals surface area contributed by atoms with Gasteiger partial charge in [-0.2, -0.15) is 0 Å². The Morgan fingerprint density at radius 1 is 1.29 bits per heavy atom. The van der Waals surface area contributed by atoms with Gasteiger partial charge in [-0.15, -0.1) is 0 Å². The van der Waals surface area contributed by atoms with Gasteiger partial charge in [-0.25, -0.2) is 13.1 Å². The Bertz CT molecular complexity index is 835. The van der Waals surface area contributed by atoms with Crippen LogP contribution in [0.15, 0.2) is 47.4 Å². The molecule has 1 aliphatic rings. The van der Waals surface area contributed by atoms with Gasteiger partial charge in [-0.05, 0) is 35.4 Å². The van der Waals surface area contributed by atoms with Crippen LogP contribution < -0.4 is 14.2 Å². The number of aliphatic hydroxyl groups excluding tert-OH is 1. The molecule has 0 spiro atoms. The van der Waals surface area contributed by atoms with Gasteiger partial charge in [-0.3, -0.25) is 0 Å². The minimum atomic E-state index is -3.78. The maximum Gasteiger partial charge on any atom is 0.244 e. The Morgan fingerprint density at radius 3 is 2.88 bits per heavy atom. The minimum Gasteiger partial charge on any atom is -0.495 e. The summed E-state index contributed by atoms with van der Waals surface area (Å²) in [5.41, 5.74) is 1.68. The molecule has 0 saturated heterocycles. The lowest BCUT2D eigenvalue weighted by molar-refractivity contribution is 0.182. The van der Waals surface area contributed by atoms with E-state index in [1.807, 2.05) is 6.07 Å². The number of hydrogen-bond acceptors (Lipinski definition) is 5. The van der Waals surface area contributed by atoms with Crippen molar-refractivity contribution in [3.8, 4) is 11.5 Å². The quantitative estimate of drug-likeness (QED) is 0.828. The van der Waals surface area contributed by atoms with Gasteiger partial charge in [0.2, 0.25) is 10.0 Å². The van der Waals surface area contributed by atoms with Crippen LogP contribution in [-0.4, -0.2) is 33.8 Å². The molecule has 7 heteroatoms. The standard InChI is InChI=1S/C17H19NO5S/c1-22-16-4-2-3-5-17(16)24(20,21)18-11-14(19)12-6-7-15-13(10-12)8-9-23-15/h2-7,10,14,18-19H,8-9,11H2,1H3. The molecule has 1 aliphatic heterocycles. The number of methoxy groups -OCH3 is 1. The summed E-state index contributed by atoms with van der Waals surface area (Å²) in [5.74, 6) is 1.08. The predicted octanol–water partition coefficient (Wildman–Crippen LogP) is 1.64. The molecule has 0 aliphatic carbocycles. The normalized spacial score (nSPS) is 14.8. The Hall–Kier alpha value is -2.09. The number of benzene rings is 2. The summed E-state index contributed by atoms with van der Waals surface area (Å²) in [5, 5.41) is 10.3. The van der Waals surface area contributed by atoms with E-state index in [9.17, 15) is 13.5 Å². The Kier molecular flexibility index (Phi) is 4.75. The minimum absolute atomic E-state index is 0.0436. The average molecular weight is 349 g/mol. The molecule has 0 aromatic heterocycles. The van der Waals surface area contributed by atoms with Crippen molar-refractivity contribution in [1.82, 2.24) is 4.72 Å². The van der Waals surface area contributed by atoms with Crippen LogP contribution in [0.3, 0.4) is 0 Å². The predicted molar refractivity (Wildman–Crippen MR) is 88.8 cm³/mol. The van der Waals surface area contributed by atoms with Crippen molar-refractivity contribution < 1.29 is 23.0 Å². The van der Waals surface area contributed by atoms with E-state index < -0.39 is 16.1 Å². The molecule has 0 bridgehead atoms. The number of fused-ring (bicyclic) bond motifs is 1. The van der Waals surface area contributed by atoms with Gasteiger partial charge < -0.3 is 14.6 Å². The van der Waals surface area contributed by atoms with Crippen LogP contribution in [0.25, 0.3) is 0 Å². The molecule has 3 rings (SSSR count). The van der Waals surface area contributed by atoms with E-state index in [1.165, 1.54) is 13.2 Å². The zero-order valence-corrected chi connectivity index (χ0v) is 14.0. The molecule has 2 N–H and O–H groups in total. The van der Waals surface area contributed by atoms with E-state index in [0.29, 0.717) is 12.2 Å². The first-order chi connectivity index (χ1) is 11.5. The fourth-order valence-electron chi connectivity index (χ4n) is 2.64. The highest BCUT2D eigenvalue weighted by Crippen LogP contribution is 2.28. The van der Waals surface area contributed by atoms with E-state index in [1.54, 1.807) is 30.3 Å². The van der Waals surface area contributed by atoms with Crippen LogP contribution in [0.2, 0.25) is 0 Å². The second-order valence-corrected chi connectivity index (χ2v) is 7.22. The highest BCUT2D eigenvalue weighted by molar-refractivity contribution is 7.89. The third-order valence-corrected chi connectivity index (χ3v) is 5.39.